The summed E-state index contributed by atoms with van der Waals surface area (Å²) in [6.07, 6.45) is 5.27. The number of aromatic amines is 1. The molecule has 0 spiro atoms. The number of aromatic carboxylic acids is 1. The Balaban J connectivity index is 1.96. The zero-order valence-corrected chi connectivity index (χ0v) is 11.3. The molecule has 8 nitrogen and oxygen atoms in total. The van der Waals surface area contributed by atoms with Crippen LogP contribution in [-0.2, 0) is 0 Å². The van der Waals surface area contributed by atoms with Crippen molar-refractivity contribution in [3.63, 3.8) is 0 Å². The lowest BCUT2D eigenvalue weighted by molar-refractivity contribution is 0.0690. The predicted octanol–water partition coefficient (Wildman–Crippen LogP) is 1.78. The van der Waals surface area contributed by atoms with Gasteiger partial charge in [-0.1, -0.05) is 6.92 Å². The minimum absolute atomic E-state index is 0.0806. The van der Waals surface area contributed by atoms with E-state index in [1.807, 2.05) is 6.92 Å². The molecule has 0 aromatic carbocycles. The highest BCUT2D eigenvalue weighted by Crippen LogP contribution is 2.12. The van der Waals surface area contributed by atoms with E-state index in [0.717, 1.165) is 0 Å². The van der Waals surface area contributed by atoms with E-state index in [2.05, 4.69) is 25.6 Å². The van der Waals surface area contributed by atoms with Crippen molar-refractivity contribution in [2.75, 3.05) is 5.32 Å². The lowest BCUT2D eigenvalue weighted by Gasteiger charge is -2.15. The molecular formula is C13H15N5O3. The van der Waals surface area contributed by atoms with Crippen LogP contribution in [0.5, 0.6) is 0 Å². The summed E-state index contributed by atoms with van der Waals surface area (Å²) in [5.74, 6) is -0.443. The average Bonchev–Trinajstić information content (AvgIpc) is 2.99. The molecule has 2 aromatic heterocycles. The topological polar surface area (TPSA) is 120 Å². The van der Waals surface area contributed by atoms with Crippen LogP contribution in [0.3, 0.4) is 0 Å². The highest BCUT2D eigenvalue weighted by molar-refractivity contribution is 5.90. The highest BCUT2D eigenvalue weighted by Gasteiger charge is 2.14. The van der Waals surface area contributed by atoms with Crippen LogP contribution in [-0.4, -0.2) is 32.1 Å². The number of nitrogens with one attached hydrogen (secondary N) is 3. The normalized spacial score (nSPS) is 11.7. The number of aromatic nitrogens is 3. The molecule has 0 saturated carbocycles. The van der Waals surface area contributed by atoms with Gasteiger partial charge >= 0.3 is 12.0 Å². The summed E-state index contributed by atoms with van der Waals surface area (Å²) >= 11 is 0. The molecule has 0 aliphatic carbocycles. The van der Waals surface area contributed by atoms with Gasteiger partial charge in [-0.2, -0.15) is 0 Å². The van der Waals surface area contributed by atoms with Crippen molar-refractivity contribution in [2.24, 2.45) is 0 Å². The standard InChI is InChI=1S/C13H15N5O3/c1-2-9(11-14-5-6-15-11)18-13(21)17-8-3-4-10(12(19)20)16-7-8/h3-7,9H,2H2,1H3,(H,14,15)(H,19,20)(H2,17,18,21). The van der Waals surface area contributed by atoms with Gasteiger partial charge < -0.3 is 20.7 Å². The number of pyridine rings is 1. The van der Waals surface area contributed by atoms with Gasteiger partial charge in [-0.25, -0.2) is 19.6 Å². The van der Waals surface area contributed by atoms with Gasteiger partial charge in [-0.15, -0.1) is 0 Å². The maximum absolute atomic E-state index is 11.9. The third-order valence-electron chi connectivity index (χ3n) is 2.80. The maximum atomic E-state index is 11.9. The molecule has 2 rings (SSSR count). The molecule has 0 fully saturated rings. The molecule has 8 heteroatoms. The second kappa shape index (κ2) is 6.51. The number of rotatable bonds is 5. The quantitative estimate of drug-likeness (QED) is 0.668. The molecule has 21 heavy (non-hydrogen) atoms. The zero-order chi connectivity index (χ0) is 15.2. The molecule has 0 bridgehead atoms. The van der Waals surface area contributed by atoms with E-state index in [1.54, 1.807) is 12.4 Å². The number of imidazole rings is 1. The number of carbonyl (C=O) groups excluding carboxylic acids is 1. The van der Waals surface area contributed by atoms with Crippen molar-refractivity contribution < 1.29 is 14.7 Å². The van der Waals surface area contributed by atoms with E-state index in [4.69, 9.17) is 5.11 Å². The second-order valence-corrected chi connectivity index (χ2v) is 4.27. The number of H-pyrrole nitrogens is 1. The molecule has 2 heterocycles. The minimum Gasteiger partial charge on any atom is -0.477 e. The number of amides is 2. The van der Waals surface area contributed by atoms with Crippen LogP contribution in [0.1, 0.15) is 35.7 Å². The van der Waals surface area contributed by atoms with Gasteiger partial charge in [0.05, 0.1) is 17.9 Å². The zero-order valence-electron chi connectivity index (χ0n) is 11.3. The predicted molar refractivity (Wildman–Crippen MR) is 75.0 cm³/mol. The van der Waals surface area contributed by atoms with Crippen molar-refractivity contribution in [3.8, 4) is 0 Å². The molecule has 2 amide bonds. The second-order valence-electron chi connectivity index (χ2n) is 4.27. The number of urea groups is 1. The number of carbonyl (C=O) groups is 2. The fourth-order valence-corrected chi connectivity index (χ4v) is 1.75. The molecule has 1 atom stereocenters. The molecule has 110 valence electrons. The first-order chi connectivity index (χ1) is 10.1. The summed E-state index contributed by atoms with van der Waals surface area (Å²) in [5.41, 5.74) is 0.328. The maximum Gasteiger partial charge on any atom is 0.354 e. The number of hydrogen-bond acceptors (Lipinski definition) is 4. The van der Waals surface area contributed by atoms with Crippen LogP contribution in [0.4, 0.5) is 10.5 Å². The van der Waals surface area contributed by atoms with Gasteiger partial charge in [0.2, 0.25) is 0 Å². The summed E-state index contributed by atoms with van der Waals surface area (Å²) < 4.78 is 0. The Morgan fingerprint density at radius 1 is 1.38 bits per heavy atom. The Morgan fingerprint density at radius 3 is 2.71 bits per heavy atom. The number of carboxylic acids is 1. The number of hydrogen-bond donors (Lipinski definition) is 4. The fraction of sp³-hybridized carbons (Fsp3) is 0.231. The largest absolute Gasteiger partial charge is 0.477 e. The SMILES string of the molecule is CCC(NC(=O)Nc1ccc(C(=O)O)nc1)c1ncc[nH]1. The summed E-state index contributed by atoms with van der Waals surface area (Å²) in [7, 11) is 0. The molecule has 4 N–H and O–H groups in total. The molecule has 0 saturated heterocycles. The van der Waals surface area contributed by atoms with Crippen LogP contribution in [0.2, 0.25) is 0 Å². The van der Waals surface area contributed by atoms with Gasteiger partial charge in [-0.3, -0.25) is 0 Å². The van der Waals surface area contributed by atoms with Crippen LogP contribution >= 0.6 is 0 Å². The molecule has 0 radical (unpaired) electrons. The Morgan fingerprint density at radius 2 is 2.19 bits per heavy atom. The van der Waals surface area contributed by atoms with Crippen LogP contribution in [0.15, 0.2) is 30.7 Å². The fourth-order valence-electron chi connectivity index (χ4n) is 1.75. The lowest BCUT2D eigenvalue weighted by atomic mass is 10.2. The Labute approximate surface area is 120 Å². The smallest absolute Gasteiger partial charge is 0.354 e. The van der Waals surface area contributed by atoms with E-state index < -0.39 is 12.0 Å². The van der Waals surface area contributed by atoms with Crippen molar-refractivity contribution in [2.45, 2.75) is 19.4 Å². The van der Waals surface area contributed by atoms with Gasteiger partial charge in [0, 0.05) is 12.4 Å². The third kappa shape index (κ3) is 3.78. The molecule has 1 unspecified atom stereocenters. The van der Waals surface area contributed by atoms with Crippen LogP contribution in [0.25, 0.3) is 0 Å². The first-order valence-corrected chi connectivity index (χ1v) is 6.36. The van der Waals surface area contributed by atoms with E-state index in [-0.39, 0.29) is 11.7 Å². The average molecular weight is 289 g/mol. The van der Waals surface area contributed by atoms with Crippen LogP contribution in [0, 0.1) is 0 Å². The minimum atomic E-state index is -1.12. The first kappa shape index (κ1) is 14.5. The van der Waals surface area contributed by atoms with Gasteiger partial charge in [0.1, 0.15) is 11.5 Å². The van der Waals surface area contributed by atoms with E-state index in [1.165, 1.54) is 18.3 Å². The summed E-state index contributed by atoms with van der Waals surface area (Å²) in [6, 6.07) is 2.15. The van der Waals surface area contributed by atoms with Crippen molar-refractivity contribution in [3.05, 3.63) is 42.2 Å². The van der Waals surface area contributed by atoms with E-state index in [0.29, 0.717) is 17.9 Å². The van der Waals surface area contributed by atoms with Crippen molar-refractivity contribution >= 4 is 17.7 Å². The summed E-state index contributed by atoms with van der Waals surface area (Å²) in [6.45, 7) is 1.93. The number of carboxylic acid groups (broad SMARTS) is 1. The van der Waals surface area contributed by atoms with Gasteiger partial charge in [-0.05, 0) is 18.6 Å². The number of nitrogens with zero attached hydrogens (tertiary/aromatic N) is 2. The summed E-state index contributed by atoms with van der Waals surface area (Å²) in [5, 5.41) is 14.1. The number of anilines is 1. The lowest BCUT2D eigenvalue weighted by Crippen LogP contribution is -2.32. The highest BCUT2D eigenvalue weighted by atomic mass is 16.4. The Bertz CT molecular complexity index is 609. The third-order valence-corrected chi connectivity index (χ3v) is 2.80. The molecular weight excluding hydrogens is 274 g/mol. The Kier molecular flexibility index (Phi) is 4.50. The first-order valence-electron chi connectivity index (χ1n) is 6.36. The van der Waals surface area contributed by atoms with Crippen LogP contribution < -0.4 is 10.6 Å². The van der Waals surface area contributed by atoms with Gasteiger partial charge in [0.25, 0.3) is 0 Å². The molecule has 0 aliphatic heterocycles. The van der Waals surface area contributed by atoms with Crippen molar-refractivity contribution in [1.29, 1.82) is 0 Å². The Hall–Kier alpha value is -2.90. The summed E-state index contributed by atoms with van der Waals surface area (Å²) in [4.78, 5) is 33.3. The monoisotopic (exact) mass is 289 g/mol. The van der Waals surface area contributed by atoms with E-state index >= 15 is 0 Å². The van der Waals surface area contributed by atoms with E-state index in [9.17, 15) is 9.59 Å². The molecule has 0 aliphatic rings. The van der Waals surface area contributed by atoms with Gasteiger partial charge in [0.15, 0.2) is 0 Å². The van der Waals surface area contributed by atoms with Crippen molar-refractivity contribution in [1.82, 2.24) is 20.3 Å². The molecule has 2 aromatic rings.